The Balaban J connectivity index is 1.18. The molecule has 1 N–H and O–H groups in total. The van der Waals surface area contributed by atoms with Crippen LogP contribution in [0.2, 0.25) is 0 Å². The number of esters is 1. The van der Waals surface area contributed by atoms with Crippen LogP contribution in [0.4, 0.5) is 8.78 Å². The van der Waals surface area contributed by atoms with Gasteiger partial charge in [0, 0.05) is 52.9 Å². The number of hydrogen-bond acceptors (Lipinski definition) is 8. The van der Waals surface area contributed by atoms with Gasteiger partial charge >= 0.3 is 5.97 Å². The fourth-order valence-corrected chi connectivity index (χ4v) is 8.82. The number of aryl methyl sites for hydroxylation is 2. The maximum Gasteiger partial charge on any atom is 0.306 e. The molecule has 0 aliphatic heterocycles. The number of benzene rings is 4. The quantitative estimate of drug-likeness (QED) is 0.0674. The number of hydrogen-bond donors (Lipinski definition) is 1. The van der Waals surface area contributed by atoms with Gasteiger partial charge in [0.2, 0.25) is 0 Å². The number of ether oxygens (including phenoxy) is 3. The number of aromatic amines is 1. The van der Waals surface area contributed by atoms with Crippen molar-refractivity contribution in [2.45, 2.75) is 51.2 Å². The zero-order chi connectivity index (χ0) is 40.6. The Hall–Kier alpha value is -5.24. The molecular formula is C44H45F2N3O6S2. The Morgan fingerprint density at radius 3 is 2.56 bits per heavy atom. The average Bonchev–Trinajstić information content (AvgIpc) is 3.87. The van der Waals surface area contributed by atoms with Gasteiger partial charge in [-0.3, -0.25) is 9.89 Å². The lowest BCUT2D eigenvalue weighted by Gasteiger charge is -2.24. The summed E-state index contributed by atoms with van der Waals surface area (Å²) in [7, 11) is -4.05. The molecule has 0 unspecified atom stereocenters. The first-order valence-electron chi connectivity index (χ1n) is 18.5. The van der Waals surface area contributed by atoms with Crippen molar-refractivity contribution in [3.63, 3.8) is 0 Å². The maximum atomic E-state index is 16.3. The van der Waals surface area contributed by atoms with Crippen molar-refractivity contribution in [2.24, 2.45) is 5.41 Å². The Morgan fingerprint density at radius 1 is 1.00 bits per heavy atom. The highest BCUT2D eigenvalue weighted by Crippen LogP contribution is 2.40. The second-order valence-corrected chi connectivity index (χ2v) is 17.2. The van der Waals surface area contributed by atoms with E-state index < -0.39 is 21.7 Å². The van der Waals surface area contributed by atoms with E-state index in [0.717, 1.165) is 26.7 Å². The molecule has 0 amide bonds. The fourth-order valence-electron chi connectivity index (χ4n) is 6.25. The van der Waals surface area contributed by atoms with E-state index in [0.29, 0.717) is 55.1 Å². The van der Waals surface area contributed by atoms with Gasteiger partial charge in [-0.15, -0.1) is 0 Å². The molecule has 0 radical (unpaired) electrons. The Labute approximate surface area is 336 Å². The molecular weight excluding hydrogens is 769 g/mol. The van der Waals surface area contributed by atoms with Crippen molar-refractivity contribution in [3.8, 4) is 22.8 Å². The zero-order valence-corrected chi connectivity index (χ0v) is 33.9. The van der Waals surface area contributed by atoms with Crippen LogP contribution < -0.4 is 4.74 Å². The number of carbonyl (C=O) groups excluding carboxylic acids is 1. The van der Waals surface area contributed by atoms with Gasteiger partial charge in [0.1, 0.15) is 11.6 Å². The molecule has 0 aliphatic rings. The number of carbonyl (C=O) groups is 1. The highest BCUT2D eigenvalue weighted by atomic mass is 32.2. The van der Waals surface area contributed by atoms with Crippen LogP contribution in [0.25, 0.3) is 28.2 Å². The molecule has 4 aromatic carbocycles. The first kappa shape index (κ1) is 41.4. The Morgan fingerprint density at radius 2 is 1.81 bits per heavy atom. The molecule has 0 bridgehead atoms. The molecule has 0 spiro atoms. The number of thioether (sulfide) groups is 1. The van der Waals surface area contributed by atoms with Crippen molar-refractivity contribution in [3.05, 3.63) is 137 Å². The molecule has 9 nitrogen and oxygen atoms in total. The third-order valence-electron chi connectivity index (χ3n) is 9.13. The van der Waals surface area contributed by atoms with Crippen LogP contribution in [-0.4, -0.2) is 54.1 Å². The minimum Gasteiger partial charge on any atom is -0.466 e. The molecule has 13 heteroatoms. The minimum absolute atomic E-state index is 0.0770. The monoisotopic (exact) mass is 813 g/mol. The van der Waals surface area contributed by atoms with Crippen molar-refractivity contribution >= 4 is 44.7 Å². The van der Waals surface area contributed by atoms with E-state index in [1.165, 1.54) is 42.7 Å². The van der Waals surface area contributed by atoms with E-state index in [1.54, 1.807) is 43.0 Å². The van der Waals surface area contributed by atoms with Gasteiger partial charge in [0.15, 0.2) is 11.6 Å². The van der Waals surface area contributed by atoms with Gasteiger partial charge in [-0.25, -0.2) is 21.2 Å². The van der Waals surface area contributed by atoms with E-state index in [1.807, 2.05) is 43.3 Å². The average molecular weight is 814 g/mol. The maximum absolute atomic E-state index is 16.3. The predicted molar refractivity (Wildman–Crippen MR) is 221 cm³/mol. The lowest BCUT2D eigenvalue weighted by atomic mass is 9.98. The number of nitrogens with one attached hydrogen (secondary N) is 1. The summed E-state index contributed by atoms with van der Waals surface area (Å²) in [5, 5.41) is 7.15. The van der Waals surface area contributed by atoms with Crippen LogP contribution in [0.1, 0.15) is 49.4 Å². The summed E-state index contributed by atoms with van der Waals surface area (Å²) in [6, 6.07) is 23.0. The fraction of sp³-hybridized carbons (Fsp3) is 0.273. The van der Waals surface area contributed by atoms with E-state index in [9.17, 15) is 17.6 Å². The van der Waals surface area contributed by atoms with Crippen molar-refractivity contribution < 1.29 is 36.2 Å². The van der Waals surface area contributed by atoms with Crippen molar-refractivity contribution in [1.82, 2.24) is 14.2 Å². The summed E-state index contributed by atoms with van der Waals surface area (Å²) >= 11 is 1.54. The van der Waals surface area contributed by atoms with E-state index in [2.05, 4.69) is 24.0 Å². The number of halogens is 2. The number of nitrogens with zero attached hydrogens (tertiary/aromatic N) is 2. The lowest BCUT2D eigenvalue weighted by Crippen LogP contribution is -2.22. The summed E-state index contributed by atoms with van der Waals surface area (Å²) in [6.07, 6.45) is 7.80. The van der Waals surface area contributed by atoms with Gasteiger partial charge in [0.05, 0.1) is 35.9 Å². The third kappa shape index (κ3) is 10.4. The molecule has 0 fully saturated rings. The summed E-state index contributed by atoms with van der Waals surface area (Å²) < 4.78 is 77.0. The van der Waals surface area contributed by atoms with E-state index >= 15 is 4.39 Å². The third-order valence-corrected chi connectivity index (χ3v) is 12.3. The SMILES string of the molecule is CCOC(=O)CCc1cccc(/C=C/COCC(C)(C)CSCc2c(Oc3ccc(F)c(-c4ccn[nH]4)c3)c(F)cc3c2ccn3S(=O)(=O)c2ccc(C)cc2)c1. The van der Waals surface area contributed by atoms with Crippen molar-refractivity contribution in [1.29, 1.82) is 0 Å². The summed E-state index contributed by atoms with van der Waals surface area (Å²) in [5.74, 6) is -0.451. The van der Waals surface area contributed by atoms with Crippen molar-refractivity contribution in [2.75, 3.05) is 25.6 Å². The van der Waals surface area contributed by atoms with E-state index in [-0.39, 0.29) is 44.6 Å². The smallest absolute Gasteiger partial charge is 0.306 e. The standard InChI is InChI=1S/C44H45F2N3O6S2/c1-5-54-42(50)18-13-32-9-6-8-31(24-32)10-7-23-53-28-44(3,4)29-56-27-37-35-20-22-49(57(51,52)34-15-11-30(2)12-16-34)41(35)26-39(46)43(37)55-33-14-17-38(45)36(25-33)40-19-21-47-48-40/h6-12,14-17,19-22,24-26H,5,13,18,23,27-29H2,1-4H3,(H,47,48)/b10-7+. The van der Waals surface area contributed by atoms with Gasteiger partial charge in [0.25, 0.3) is 10.0 Å². The molecule has 0 atom stereocenters. The highest BCUT2D eigenvalue weighted by Gasteiger charge is 2.26. The first-order valence-corrected chi connectivity index (χ1v) is 21.1. The van der Waals surface area contributed by atoms with Gasteiger partial charge in [-0.2, -0.15) is 16.9 Å². The molecule has 298 valence electrons. The minimum atomic E-state index is -4.05. The first-order chi connectivity index (χ1) is 27.3. The van der Waals surface area contributed by atoms with Crippen LogP contribution in [0, 0.1) is 24.0 Å². The number of rotatable bonds is 18. The molecule has 0 saturated carbocycles. The van der Waals surface area contributed by atoms with Crippen LogP contribution in [0.15, 0.2) is 108 Å². The van der Waals surface area contributed by atoms with Crippen LogP contribution in [0.3, 0.4) is 0 Å². The zero-order valence-electron chi connectivity index (χ0n) is 32.3. The van der Waals surface area contributed by atoms with Gasteiger partial charge < -0.3 is 14.2 Å². The normalized spacial score (nSPS) is 12.1. The molecule has 2 aromatic heterocycles. The summed E-state index contributed by atoms with van der Waals surface area (Å²) in [4.78, 5) is 11.8. The highest BCUT2D eigenvalue weighted by molar-refractivity contribution is 7.98. The van der Waals surface area contributed by atoms with Crippen LogP contribution in [-0.2, 0) is 36.5 Å². The Kier molecular flexibility index (Phi) is 13.3. The van der Waals surface area contributed by atoms with Gasteiger partial charge in [-0.1, -0.05) is 68.0 Å². The largest absolute Gasteiger partial charge is 0.466 e. The lowest BCUT2D eigenvalue weighted by molar-refractivity contribution is -0.143. The van der Waals surface area contributed by atoms with Gasteiger partial charge in [-0.05, 0) is 79.3 Å². The van der Waals surface area contributed by atoms with Crippen LogP contribution >= 0.6 is 11.8 Å². The van der Waals surface area contributed by atoms with Crippen LogP contribution in [0.5, 0.6) is 11.5 Å². The molecule has 2 heterocycles. The second kappa shape index (κ2) is 18.4. The Bertz CT molecular complexity index is 2460. The predicted octanol–water partition coefficient (Wildman–Crippen LogP) is 10.1. The summed E-state index contributed by atoms with van der Waals surface area (Å²) in [6.45, 7) is 9.03. The summed E-state index contributed by atoms with van der Waals surface area (Å²) in [5.41, 5.74) is 3.95. The number of fused-ring (bicyclic) bond motifs is 1. The molecule has 6 aromatic rings. The molecule has 6 rings (SSSR count). The topological polar surface area (TPSA) is 113 Å². The molecule has 57 heavy (non-hydrogen) atoms. The molecule has 0 saturated heterocycles. The number of H-pyrrole nitrogens is 1. The molecule has 0 aliphatic carbocycles. The number of aromatic nitrogens is 3. The second-order valence-electron chi connectivity index (χ2n) is 14.4. The van der Waals surface area contributed by atoms with E-state index in [4.69, 9.17) is 14.2 Å².